The molecule has 1 N–H and O–H groups in total. The van der Waals surface area contributed by atoms with Crippen LogP contribution in [0.2, 0.25) is 5.02 Å². The number of aromatic nitrogens is 2. The summed E-state index contributed by atoms with van der Waals surface area (Å²) in [5, 5.41) is 14.3. The van der Waals surface area contributed by atoms with Gasteiger partial charge >= 0.3 is 5.97 Å². The maximum absolute atomic E-state index is 13.7. The van der Waals surface area contributed by atoms with Crippen molar-refractivity contribution in [3.8, 4) is 22.9 Å². The first-order valence-electron chi connectivity index (χ1n) is 12.7. The average molecular weight is 627 g/mol. The molecule has 208 valence electrons. The summed E-state index contributed by atoms with van der Waals surface area (Å²) >= 11 is 9.80. The molecule has 0 saturated carbocycles. The molecule has 1 heterocycles. The molecule has 0 fully saturated rings. The molecule has 40 heavy (non-hydrogen) atoms. The zero-order valence-electron chi connectivity index (χ0n) is 22.7. The van der Waals surface area contributed by atoms with E-state index in [4.69, 9.17) is 26.1 Å². The van der Waals surface area contributed by atoms with Crippen LogP contribution in [0.3, 0.4) is 0 Å². The van der Waals surface area contributed by atoms with Crippen molar-refractivity contribution in [3.05, 3.63) is 85.1 Å². The van der Waals surface area contributed by atoms with Gasteiger partial charge in [0.15, 0.2) is 17.7 Å². The maximum Gasteiger partial charge on any atom is 0.344 e. The van der Waals surface area contributed by atoms with Gasteiger partial charge in [0, 0.05) is 5.56 Å². The molecule has 1 atom stereocenters. The molecule has 4 aromatic rings. The molecule has 0 aliphatic rings. The number of para-hydroxylation sites is 1. The number of carbonyl (C=O) groups is 1. The molecule has 8 nitrogen and oxygen atoms in total. The SMILES string of the molecule is CCOc1cc(C)c(-c2nc3ccccc3c(=O)n2N=Cc2cc(Cl)c(O[C@H](C)C(=O)O)c(Br)c2)cc1C(C)C. The number of aryl methyl sites for hydroxylation is 1. The van der Waals surface area contributed by atoms with Crippen molar-refractivity contribution in [2.75, 3.05) is 6.61 Å². The summed E-state index contributed by atoms with van der Waals surface area (Å²) in [6.45, 7) is 10.0. The van der Waals surface area contributed by atoms with Crippen molar-refractivity contribution in [1.29, 1.82) is 0 Å². The van der Waals surface area contributed by atoms with E-state index in [1.165, 1.54) is 17.8 Å². The largest absolute Gasteiger partial charge is 0.494 e. The molecule has 0 aliphatic heterocycles. The Balaban J connectivity index is 1.88. The number of rotatable bonds is 9. The summed E-state index contributed by atoms with van der Waals surface area (Å²) in [5.74, 6) is 0.451. The summed E-state index contributed by atoms with van der Waals surface area (Å²) in [7, 11) is 0. The molecule has 0 unspecified atom stereocenters. The van der Waals surface area contributed by atoms with Gasteiger partial charge in [-0.05, 0) is 95.7 Å². The third-order valence-electron chi connectivity index (χ3n) is 6.26. The van der Waals surface area contributed by atoms with Gasteiger partial charge in [0.25, 0.3) is 5.56 Å². The van der Waals surface area contributed by atoms with Crippen LogP contribution in [0.1, 0.15) is 50.3 Å². The van der Waals surface area contributed by atoms with E-state index in [0.29, 0.717) is 33.4 Å². The maximum atomic E-state index is 13.7. The van der Waals surface area contributed by atoms with Gasteiger partial charge in [0.05, 0.1) is 33.2 Å². The lowest BCUT2D eigenvalue weighted by molar-refractivity contribution is -0.144. The van der Waals surface area contributed by atoms with Crippen LogP contribution in [0, 0.1) is 6.92 Å². The summed E-state index contributed by atoms with van der Waals surface area (Å²) in [6.07, 6.45) is 0.404. The first-order valence-corrected chi connectivity index (χ1v) is 13.9. The summed E-state index contributed by atoms with van der Waals surface area (Å²) in [4.78, 5) is 29.8. The second-order valence-corrected chi connectivity index (χ2v) is 10.8. The molecule has 0 bridgehead atoms. The Morgan fingerprint density at radius 3 is 2.58 bits per heavy atom. The Morgan fingerprint density at radius 2 is 1.93 bits per heavy atom. The fourth-order valence-electron chi connectivity index (χ4n) is 4.19. The second kappa shape index (κ2) is 12.2. The van der Waals surface area contributed by atoms with Crippen LogP contribution in [0.25, 0.3) is 22.3 Å². The van der Waals surface area contributed by atoms with E-state index in [1.54, 1.807) is 30.3 Å². The quantitative estimate of drug-likeness (QED) is 0.200. The Kier molecular flexibility index (Phi) is 8.95. The summed E-state index contributed by atoms with van der Waals surface area (Å²) in [5.41, 5.74) is 3.45. The van der Waals surface area contributed by atoms with Crippen LogP contribution in [0.15, 0.2) is 62.9 Å². The first-order chi connectivity index (χ1) is 19.0. The molecule has 0 amide bonds. The molecule has 1 aromatic heterocycles. The normalized spacial score (nSPS) is 12.3. The van der Waals surface area contributed by atoms with Crippen molar-refractivity contribution in [1.82, 2.24) is 9.66 Å². The number of hydrogen-bond donors (Lipinski definition) is 1. The van der Waals surface area contributed by atoms with Crippen LogP contribution in [0.5, 0.6) is 11.5 Å². The molecule has 4 rings (SSSR count). The molecular weight excluding hydrogens is 598 g/mol. The Morgan fingerprint density at radius 1 is 1.20 bits per heavy atom. The van der Waals surface area contributed by atoms with Crippen LogP contribution in [-0.4, -0.2) is 39.7 Å². The highest BCUT2D eigenvalue weighted by Gasteiger charge is 2.20. The highest BCUT2D eigenvalue weighted by atomic mass is 79.9. The van der Waals surface area contributed by atoms with Crippen LogP contribution in [-0.2, 0) is 4.79 Å². The standard InChI is InChI=1S/C30H29BrClN3O5/c1-6-39-26-11-17(4)22(14-21(26)16(2)3)28-34-25-10-8-7-9-20(25)29(36)35(28)33-15-19-12-23(31)27(24(32)13-19)40-18(5)30(37)38/h7-16,18H,6H2,1-5H3,(H,37,38)/t18-/m1/s1. The number of hydrogen-bond acceptors (Lipinski definition) is 6. The number of nitrogens with zero attached hydrogens (tertiary/aromatic N) is 3. The molecule has 3 aromatic carbocycles. The lowest BCUT2D eigenvalue weighted by Crippen LogP contribution is -2.23. The zero-order valence-corrected chi connectivity index (χ0v) is 25.1. The highest BCUT2D eigenvalue weighted by molar-refractivity contribution is 9.10. The summed E-state index contributed by atoms with van der Waals surface area (Å²) in [6, 6.07) is 14.4. The van der Waals surface area contributed by atoms with Gasteiger partial charge in [0.2, 0.25) is 0 Å². The van der Waals surface area contributed by atoms with Crippen molar-refractivity contribution < 1.29 is 19.4 Å². The van der Waals surface area contributed by atoms with Crippen LogP contribution >= 0.6 is 27.5 Å². The fraction of sp³-hybridized carbons (Fsp3) is 0.267. The van der Waals surface area contributed by atoms with Crippen molar-refractivity contribution in [2.45, 2.75) is 46.6 Å². The number of ether oxygens (including phenoxy) is 2. The third-order valence-corrected chi connectivity index (χ3v) is 7.13. The fourth-order valence-corrected chi connectivity index (χ4v) is 5.15. The van der Waals surface area contributed by atoms with Crippen molar-refractivity contribution in [2.24, 2.45) is 5.10 Å². The second-order valence-electron chi connectivity index (χ2n) is 9.52. The number of halogens is 2. The van der Waals surface area contributed by atoms with Crippen LogP contribution < -0.4 is 15.0 Å². The van der Waals surface area contributed by atoms with Gasteiger partial charge in [-0.3, -0.25) is 4.79 Å². The van der Waals surface area contributed by atoms with Crippen molar-refractivity contribution in [3.63, 3.8) is 0 Å². The minimum atomic E-state index is -1.12. The van der Waals surface area contributed by atoms with Gasteiger partial charge < -0.3 is 14.6 Å². The van der Waals surface area contributed by atoms with Gasteiger partial charge in [-0.1, -0.05) is 37.6 Å². The monoisotopic (exact) mass is 625 g/mol. The van der Waals surface area contributed by atoms with E-state index in [-0.39, 0.29) is 22.2 Å². The number of carboxylic acid groups (broad SMARTS) is 1. The molecule has 0 aliphatic carbocycles. The molecule has 0 spiro atoms. The van der Waals surface area contributed by atoms with E-state index in [9.17, 15) is 14.7 Å². The minimum absolute atomic E-state index is 0.175. The molecule has 0 radical (unpaired) electrons. The Hall–Kier alpha value is -3.69. The molecule has 0 saturated heterocycles. The number of fused-ring (bicyclic) bond motifs is 1. The lowest BCUT2D eigenvalue weighted by Gasteiger charge is -2.18. The van der Waals surface area contributed by atoms with E-state index in [2.05, 4.69) is 34.9 Å². The minimum Gasteiger partial charge on any atom is -0.494 e. The third kappa shape index (κ3) is 6.05. The predicted molar refractivity (Wildman–Crippen MR) is 161 cm³/mol. The number of aliphatic carboxylic acids is 1. The predicted octanol–water partition coefficient (Wildman–Crippen LogP) is 7.04. The van der Waals surface area contributed by atoms with E-state index < -0.39 is 12.1 Å². The Labute approximate surface area is 245 Å². The zero-order chi connectivity index (χ0) is 29.1. The highest BCUT2D eigenvalue weighted by Crippen LogP contribution is 2.36. The van der Waals surface area contributed by atoms with Gasteiger partial charge in [-0.2, -0.15) is 9.78 Å². The van der Waals surface area contributed by atoms with E-state index in [0.717, 1.165) is 22.4 Å². The van der Waals surface area contributed by atoms with E-state index in [1.807, 2.05) is 32.0 Å². The van der Waals surface area contributed by atoms with Gasteiger partial charge in [-0.25, -0.2) is 9.78 Å². The Bertz CT molecular complexity index is 1660. The smallest absolute Gasteiger partial charge is 0.344 e. The number of carboxylic acids is 1. The molecule has 10 heteroatoms. The molecular formula is C30H29BrClN3O5. The van der Waals surface area contributed by atoms with Crippen molar-refractivity contribution >= 4 is 50.6 Å². The summed E-state index contributed by atoms with van der Waals surface area (Å²) < 4.78 is 13.1. The van der Waals surface area contributed by atoms with Crippen LogP contribution in [0.4, 0.5) is 0 Å². The van der Waals surface area contributed by atoms with Gasteiger partial charge in [0.1, 0.15) is 5.75 Å². The topological polar surface area (TPSA) is 103 Å². The lowest BCUT2D eigenvalue weighted by atomic mass is 9.96. The first kappa shape index (κ1) is 29.3. The van der Waals surface area contributed by atoms with E-state index >= 15 is 0 Å². The average Bonchev–Trinajstić information content (AvgIpc) is 2.90. The van der Waals surface area contributed by atoms with Gasteiger partial charge in [-0.15, -0.1) is 0 Å². The number of benzene rings is 3.